The first-order valence-corrected chi connectivity index (χ1v) is 4.76. The molecule has 2 rings (SSSR count). The van der Waals surface area contributed by atoms with Crippen molar-refractivity contribution in [1.29, 1.82) is 0 Å². The van der Waals surface area contributed by atoms with Crippen LogP contribution in [0, 0.1) is 5.82 Å². The molecule has 3 N–H and O–H groups in total. The molecule has 16 heavy (non-hydrogen) atoms. The van der Waals surface area contributed by atoms with Gasteiger partial charge in [0, 0.05) is 25.6 Å². The predicted molar refractivity (Wildman–Crippen MR) is 56.6 cm³/mol. The lowest BCUT2D eigenvalue weighted by atomic mass is 10.1. The SMILES string of the molecule is Cn1ccnc1C(NN)c1cncc(F)c1. The summed E-state index contributed by atoms with van der Waals surface area (Å²) >= 11 is 0. The van der Waals surface area contributed by atoms with Crippen LogP contribution in [0.25, 0.3) is 0 Å². The van der Waals surface area contributed by atoms with Gasteiger partial charge >= 0.3 is 0 Å². The Bertz CT molecular complexity index is 482. The van der Waals surface area contributed by atoms with E-state index in [2.05, 4.69) is 15.4 Å². The van der Waals surface area contributed by atoms with Gasteiger partial charge in [-0.15, -0.1) is 0 Å². The van der Waals surface area contributed by atoms with Crippen LogP contribution in [0.5, 0.6) is 0 Å². The summed E-state index contributed by atoms with van der Waals surface area (Å²) in [5, 5.41) is 0. The van der Waals surface area contributed by atoms with Gasteiger partial charge in [-0.25, -0.2) is 14.8 Å². The average molecular weight is 221 g/mol. The Morgan fingerprint density at radius 2 is 2.31 bits per heavy atom. The van der Waals surface area contributed by atoms with E-state index in [0.717, 1.165) is 6.20 Å². The molecule has 1 atom stereocenters. The molecule has 0 radical (unpaired) electrons. The van der Waals surface area contributed by atoms with Gasteiger partial charge in [-0.1, -0.05) is 0 Å². The Hall–Kier alpha value is -1.79. The second-order valence-corrected chi connectivity index (χ2v) is 3.43. The fourth-order valence-corrected chi connectivity index (χ4v) is 1.56. The molecule has 1 unspecified atom stereocenters. The average Bonchev–Trinajstić information content (AvgIpc) is 2.67. The molecular weight excluding hydrogens is 209 g/mol. The number of aromatic nitrogens is 3. The summed E-state index contributed by atoms with van der Waals surface area (Å²) in [6.45, 7) is 0. The molecule has 0 saturated heterocycles. The van der Waals surface area contributed by atoms with Gasteiger partial charge in [0.1, 0.15) is 17.7 Å². The Labute approximate surface area is 92.1 Å². The first-order chi connectivity index (χ1) is 7.72. The van der Waals surface area contributed by atoms with Crippen LogP contribution in [-0.2, 0) is 7.05 Å². The van der Waals surface area contributed by atoms with Gasteiger partial charge in [0.25, 0.3) is 0 Å². The van der Waals surface area contributed by atoms with E-state index in [-0.39, 0.29) is 6.04 Å². The Balaban J connectivity index is 2.40. The van der Waals surface area contributed by atoms with Crippen molar-refractivity contribution in [2.45, 2.75) is 6.04 Å². The Kier molecular flexibility index (Phi) is 2.93. The zero-order valence-corrected chi connectivity index (χ0v) is 8.76. The lowest BCUT2D eigenvalue weighted by Gasteiger charge is -2.15. The van der Waals surface area contributed by atoms with E-state index in [0.29, 0.717) is 11.4 Å². The summed E-state index contributed by atoms with van der Waals surface area (Å²) in [5.74, 6) is 5.77. The normalized spacial score (nSPS) is 12.7. The first-order valence-electron chi connectivity index (χ1n) is 4.76. The lowest BCUT2D eigenvalue weighted by molar-refractivity contribution is 0.566. The Morgan fingerprint density at radius 3 is 2.88 bits per heavy atom. The number of nitrogens with zero attached hydrogens (tertiary/aromatic N) is 3. The summed E-state index contributed by atoms with van der Waals surface area (Å²) in [7, 11) is 1.85. The molecule has 0 aliphatic rings. The van der Waals surface area contributed by atoms with Gasteiger partial charge in [-0.3, -0.25) is 10.8 Å². The third-order valence-electron chi connectivity index (χ3n) is 2.34. The van der Waals surface area contributed by atoms with Crippen LogP contribution in [0.2, 0.25) is 0 Å². The van der Waals surface area contributed by atoms with Crippen molar-refractivity contribution in [1.82, 2.24) is 20.0 Å². The Morgan fingerprint density at radius 1 is 1.50 bits per heavy atom. The maximum absolute atomic E-state index is 13.0. The van der Waals surface area contributed by atoms with Gasteiger partial charge in [-0.2, -0.15) is 0 Å². The van der Waals surface area contributed by atoms with Crippen LogP contribution >= 0.6 is 0 Å². The number of pyridine rings is 1. The second-order valence-electron chi connectivity index (χ2n) is 3.43. The fraction of sp³-hybridized carbons (Fsp3) is 0.200. The molecule has 84 valence electrons. The molecule has 6 heteroatoms. The van der Waals surface area contributed by atoms with Crippen molar-refractivity contribution in [3.8, 4) is 0 Å². The fourth-order valence-electron chi connectivity index (χ4n) is 1.56. The number of nitrogens with one attached hydrogen (secondary N) is 1. The summed E-state index contributed by atoms with van der Waals surface area (Å²) in [4.78, 5) is 7.95. The first kappa shape index (κ1) is 10.7. The topological polar surface area (TPSA) is 68.8 Å². The highest BCUT2D eigenvalue weighted by Crippen LogP contribution is 2.18. The highest BCUT2D eigenvalue weighted by atomic mass is 19.1. The summed E-state index contributed by atoms with van der Waals surface area (Å²) < 4.78 is 14.9. The molecule has 0 aliphatic carbocycles. The van der Waals surface area contributed by atoms with E-state index in [1.807, 2.05) is 11.6 Å². The summed E-state index contributed by atoms with van der Waals surface area (Å²) in [6.07, 6.45) is 6.16. The van der Waals surface area contributed by atoms with E-state index < -0.39 is 5.82 Å². The molecule has 0 bridgehead atoms. The molecule has 2 aromatic rings. The van der Waals surface area contributed by atoms with Gasteiger partial charge in [0.05, 0.1) is 6.20 Å². The van der Waals surface area contributed by atoms with Gasteiger partial charge in [0.2, 0.25) is 0 Å². The third-order valence-corrected chi connectivity index (χ3v) is 2.34. The van der Waals surface area contributed by atoms with Crippen LogP contribution in [0.4, 0.5) is 4.39 Å². The van der Waals surface area contributed by atoms with Gasteiger partial charge < -0.3 is 4.57 Å². The lowest BCUT2D eigenvalue weighted by Crippen LogP contribution is -2.31. The molecule has 0 saturated carbocycles. The zero-order valence-electron chi connectivity index (χ0n) is 8.76. The maximum atomic E-state index is 13.0. The minimum absolute atomic E-state index is 0.372. The van der Waals surface area contributed by atoms with Crippen molar-refractivity contribution in [3.63, 3.8) is 0 Å². The van der Waals surface area contributed by atoms with Crippen molar-refractivity contribution in [3.05, 3.63) is 48.1 Å². The summed E-state index contributed by atoms with van der Waals surface area (Å²) in [5.41, 5.74) is 3.23. The molecule has 2 aromatic heterocycles. The number of hydrogen-bond donors (Lipinski definition) is 2. The number of aryl methyl sites for hydroxylation is 1. The van der Waals surface area contributed by atoms with E-state index >= 15 is 0 Å². The highest BCUT2D eigenvalue weighted by molar-refractivity contribution is 5.22. The smallest absolute Gasteiger partial charge is 0.141 e. The number of imidazole rings is 1. The molecule has 0 fully saturated rings. The van der Waals surface area contributed by atoms with Crippen LogP contribution in [-0.4, -0.2) is 14.5 Å². The van der Waals surface area contributed by atoms with E-state index in [4.69, 9.17) is 5.84 Å². The minimum Gasteiger partial charge on any atom is -0.336 e. The summed E-state index contributed by atoms with van der Waals surface area (Å²) in [6, 6.07) is 1.01. The molecule has 0 amide bonds. The van der Waals surface area contributed by atoms with Crippen molar-refractivity contribution >= 4 is 0 Å². The molecule has 5 nitrogen and oxygen atoms in total. The van der Waals surface area contributed by atoms with Crippen molar-refractivity contribution in [2.75, 3.05) is 0 Å². The number of halogens is 1. The van der Waals surface area contributed by atoms with Crippen LogP contribution in [0.15, 0.2) is 30.9 Å². The monoisotopic (exact) mass is 221 g/mol. The molecule has 2 heterocycles. The molecule has 0 aromatic carbocycles. The van der Waals surface area contributed by atoms with Gasteiger partial charge in [-0.05, 0) is 11.6 Å². The second kappa shape index (κ2) is 4.38. The molecule has 0 aliphatic heterocycles. The number of nitrogens with two attached hydrogens (primary N) is 1. The quantitative estimate of drug-likeness (QED) is 0.585. The third kappa shape index (κ3) is 1.93. The minimum atomic E-state index is -0.396. The van der Waals surface area contributed by atoms with Crippen molar-refractivity contribution < 1.29 is 4.39 Å². The number of hydrazine groups is 1. The largest absolute Gasteiger partial charge is 0.336 e. The predicted octanol–water partition coefficient (Wildman–Crippen LogP) is 0.507. The molecular formula is C10H12FN5. The molecule has 0 spiro atoms. The van der Waals surface area contributed by atoms with Crippen LogP contribution in [0.3, 0.4) is 0 Å². The van der Waals surface area contributed by atoms with Crippen LogP contribution in [0.1, 0.15) is 17.4 Å². The zero-order chi connectivity index (χ0) is 11.5. The maximum Gasteiger partial charge on any atom is 0.141 e. The number of hydrogen-bond acceptors (Lipinski definition) is 4. The van der Waals surface area contributed by atoms with Crippen LogP contribution < -0.4 is 11.3 Å². The number of rotatable bonds is 3. The van der Waals surface area contributed by atoms with Gasteiger partial charge in [0.15, 0.2) is 0 Å². The highest BCUT2D eigenvalue weighted by Gasteiger charge is 2.17. The van der Waals surface area contributed by atoms with E-state index in [9.17, 15) is 4.39 Å². The van der Waals surface area contributed by atoms with E-state index in [1.165, 1.54) is 6.07 Å². The van der Waals surface area contributed by atoms with E-state index in [1.54, 1.807) is 18.6 Å². The van der Waals surface area contributed by atoms with Crippen molar-refractivity contribution in [2.24, 2.45) is 12.9 Å². The standard InChI is InChI=1S/C10H12FN5/c1-16-3-2-14-10(16)9(15-12)7-4-8(11)6-13-5-7/h2-6,9,15H,12H2,1H3.